The lowest BCUT2D eigenvalue weighted by Crippen LogP contribution is -2.04. The number of Topliss-reactive ketones (excluding diaryl/α,β-unsaturated/α-hetero) is 1. The number of H-pyrrole nitrogens is 2. The summed E-state index contributed by atoms with van der Waals surface area (Å²) in [6, 6.07) is 9.75. The number of carbonyl (C=O) groups is 1. The van der Waals surface area contributed by atoms with Gasteiger partial charge in [-0.3, -0.25) is 4.79 Å². The summed E-state index contributed by atoms with van der Waals surface area (Å²) in [5, 5.41) is 0. The number of allylic oxidation sites excluding steroid dienone is 1. The van der Waals surface area contributed by atoms with E-state index in [0.29, 0.717) is 11.4 Å². The van der Waals surface area contributed by atoms with Crippen molar-refractivity contribution in [1.29, 1.82) is 0 Å². The molecule has 0 aliphatic heterocycles. The first-order valence-corrected chi connectivity index (χ1v) is 5.70. The molecule has 0 fully saturated rings. The van der Waals surface area contributed by atoms with Crippen molar-refractivity contribution in [2.24, 2.45) is 0 Å². The third kappa shape index (κ3) is 2.85. The van der Waals surface area contributed by atoms with E-state index in [-0.39, 0.29) is 17.9 Å². The fourth-order valence-electron chi connectivity index (χ4n) is 1.72. The largest absolute Gasteiger partial charge is 0.323 e. The average molecular weight is 242 g/mol. The number of nitrogens with one attached hydrogen (secondary N) is 2. The molecule has 0 bridgehead atoms. The molecular weight excluding hydrogens is 228 g/mol. The topological polar surface area (TPSA) is 65.7 Å². The van der Waals surface area contributed by atoms with Gasteiger partial charge in [-0.25, -0.2) is 4.79 Å². The molecule has 0 aliphatic rings. The Morgan fingerprint density at radius 2 is 1.94 bits per heavy atom. The summed E-state index contributed by atoms with van der Waals surface area (Å²) in [5.41, 5.74) is 1.64. The molecule has 1 aromatic heterocycles. The van der Waals surface area contributed by atoms with Crippen molar-refractivity contribution >= 4 is 11.9 Å². The molecule has 2 aromatic rings. The molecule has 1 heterocycles. The highest BCUT2D eigenvalue weighted by Crippen LogP contribution is 2.06. The van der Waals surface area contributed by atoms with Crippen molar-refractivity contribution in [3.63, 3.8) is 0 Å². The highest BCUT2D eigenvalue weighted by molar-refractivity contribution is 5.96. The normalized spacial score (nSPS) is 10.9. The molecule has 0 spiro atoms. The molecule has 0 radical (unpaired) electrons. The minimum absolute atomic E-state index is 0.0990. The fraction of sp³-hybridized carbons (Fsp3) is 0.143. The Balaban J connectivity index is 2.03. The van der Waals surface area contributed by atoms with E-state index in [1.54, 1.807) is 13.0 Å². The van der Waals surface area contributed by atoms with Crippen LogP contribution < -0.4 is 5.69 Å². The lowest BCUT2D eigenvalue weighted by molar-refractivity contribution is 0.0991. The van der Waals surface area contributed by atoms with Crippen LogP contribution in [0.2, 0.25) is 0 Å². The highest BCUT2D eigenvalue weighted by atomic mass is 16.1. The number of aromatic nitrogens is 2. The molecular formula is C14H14N2O2. The first-order chi connectivity index (χ1) is 8.66. The van der Waals surface area contributed by atoms with Gasteiger partial charge in [-0.15, -0.1) is 0 Å². The average Bonchev–Trinajstić information content (AvgIpc) is 2.70. The second-order valence-corrected chi connectivity index (χ2v) is 4.02. The highest BCUT2D eigenvalue weighted by Gasteiger charge is 2.10. The van der Waals surface area contributed by atoms with E-state index in [2.05, 4.69) is 9.97 Å². The maximum Gasteiger partial charge on any atom is 0.323 e. The van der Waals surface area contributed by atoms with Crippen LogP contribution in [0.15, 0.2) is 41.2 Å². The molecule has 0 amide bonds. The van der Waals surface area contributed by atoms with E-state index >= 15 is 0 Å². The van der Waals surface area contributed by atoms with Gasteiger partial charge in [-0.05, 0) is 12.5 Å². The minimum atomic E-state index is -0.345. The van der Waals surface area contributed by atoms with Crippen molar-refractivity contribution in [3.8, 4) is 0 Å². The summed E-state index contributed by atoms with van der Waals surface area (Å²) in [5.74, 6) is -0.0990. The van der Waals surface area contributed by atoms with Crippen molar-refractivity contribution in [2.45, 2.75) is 13.3 Å². The second kappa shape index (κ2) is 5.31. The van der Waals surface area contributed by atoms with Crippen LogP contribution in [-0.4, -0.2) is 15.8 Å². The third-order valence-corrected chi connectivity index (χ3v) is 2.61. The van der Waals surface area contributed by atoms with E-state index in [9.17, 15) is 9.59 Å². The van der Waals surface area contributed by atoms with Crippen LogP contribution in [0.3, 0.4) is 0 Å². The number of benzene rings is 1. The summed E-state index contributed by atoms with van der Waals surface area (Å²) >= 11 is 0. The molecule has 4 nitrogen and oxygen atoms in total. The van der Waals surface area contributed by atoms with Crippen molar-refractivity contribution in [2.75, 3.05) is 0 Å². The quantitative estimate of drug-likeness (QED) is 0.808. The Labute approximate surface area is 104 Å². The van der Waals surface area contributed by atoms with E-state index < -0.39 is 0 Å². The lowest BCUT2D eigenvalue weighted by Gasteiger charge is -1.95. The maximum atomic E-state index is 11.8. The Morgan fingerprint density at radius 1 is 1.22 bits per heavy atom. The second-order valence-electron chi connectivity index (χ2n) is 4.02. The zero-order valence-electron chi connectivity index (χ0n) is 10.1. The number of aromatic amines is 2. The van der Waals surface area contributed by atoms with E-state index in [0.717, 1.165) is 5.56 Å². The number of rotatable bonds is 4. The van der Waals surface area contributed by atoms with Gasteiger partial charge in [0.2, 0.25) is 0 Å². The Kier molecular flexibility index (Phi) is 3.57. The summed E-state index contributed by atoms with van der Waals surface area (Å²) in [6.45, 7) is 1.70. The Morgan fingerprint density at radius 3 is 2.56 bits per heavy atom. The maximum absolute atomic E-state index is 11.8. The van der Waals surface area contributed by atoms with E-state index in [1.807, 2.05) is 36.4 Å². The van der Waals surface area contributed by atoms with Gasteiger partial charge in [0.15, 0.2) is 5.78 Å². The van der Waals surface area contributed by atoms with Crippen LogP contribution in [0.4, 0.5) is 0 Å². The molecule has 0 saturated carbocycles. The van der Waals surface area contributed by atoms with Gasteiger partial charge in [-0.1, -0.05) is 42.5 Å². The monoisotopic (exact) mass is 242 g/mol. The molecule has 0 saturated heterocycles. The van der Waals surface area contributed by atoms with Gasteiger partial charge in [0.05, 0.1) is 0 Å². The molecule has 0 aliphatic carbocycles. The summed E-state index contributed by atoms with van der Waals surface area (Å²) < 4.78 is 0. The summed E-state index contributed by atoms with van der Waals surface area (Å²) in [6.07, 6.45) is 3.95. The predicted molar refractivity (Wildman–Crippen MR) is 70.6 cm³/mol. The third-order valence-electron chi connectivity index (χ3n) is 2.61. The standard InChI is InChI=1S/C14H14N2O2/c1-10-13(16-14(18)15-10)12(17)9-5-8-11-6-3-2-4-7-11/h2-8H,9H2,1H3,(H2,15,16,18)/b8-5+. The van der Waals surface area contributed by atoms with E-state index in [4.69, 9.17) is 0 Å². The molecule has 4 heteroatoms. The van der Waals surface area contributed by atoms with Crippen LogP contribution >= 0.6 is 0 Å². The summed E-state index contributed by atoms with van der Waals surface area (Å²) in [7, 11) is 0. The number of carbonyl (C=O) groups excluding carboxylic acids is 1. The van der Waals surface area contributed by atoms with Gasteiger partial charge in [0.25, 0.3) is 0 Å². The van der Waals surface area contributed by atoms with Gasteiger partial charge < -0.3 is 9.97 Å². The van der Waals surface area contributed by atoms with Crippen molar-refractivity contribution in [1.82, 2.24) is 9.97 Å². The minimum Gasteiger partial charge on any atom is -0.310 e. The van der Waals surface area contributed by atoms with Crippen molar-refractivity contribution in [3.05, 3.63) is 63.8 Å². The zero-order chi connectivity index (χ0) is 13.0. The summed E-state index contributed by atoms with van der Waals surface area (Å²) in [4.78, 5) is 27.9. The van der Waals surface area contributed by atoms with Crippen LogP contribution in [0.5, 0.6) is 0 Å². The number of hydrogen-bond donors (Lipinski definition) is 2. The number of aryl methyl sites for hydroxylation is 1. The van der Waals surface area contributed by atoms with Gasteiger partial charge in [0.1, 0.15) is 5.69 Å². The molecule has 0 unspecified atom stereocenters. The Hall–Kier alpha value is -2.36. The smallest absolute Gasteiger partial charge is 0.310 e. The van der Waals surface area contributed by atoms with Crippen LogP contribution in [0, 0.1) is 6.92 Å². The van der Waals surface area contributed by atoms with Crippen molar-refractivity contribution < 1.29 is 4.79 Å². The lowest BCUT2D eigenvalue weighted by atomic mass is 10.1. The first kappa shape index (κ1) is 12.1. The van der Waals surface area contributed by atoms with Gasteiger partial charge >= 0.3 is 5.69 Å². The number of ketones is 1. The van der Waals surface area contributed by atoms with E-state index in [1.165, 1.54) is 0 Å². The van der Waals surface area contributed by atoms with Crippen LogP contribution in [-0.2, 0) is 0 Å². The molecule has 1 aromatic carbocycles. The zero-order valence-corrected chi connectivity index (χ0v) is 10.1. The van der Waals surface area contributed by atoms with Gasteiger partial charge in [0, 0.05) is 12.1 Å². The molecule has 0 atom stereocenters. The fourth-order valence-corrected chi connectivity index (χ4v) is 1.72. The SMILES string of the molecule is Cc1[nH]c(=O)[nH]c1C(=O)C/C=C/c1ccccc1. The van der Waals surface area contributed by atoms with Crippen LogP contribution in [0.1, 0.15) is 28.2 Å². The van der Waals surface area contributed by atoms with Crippen LogP contribution in [0.25, 0.3) is 6.08 Å². The van der Waals surface area contributed by atoms with Gasteiger partial charge in [-0.2, -0.15) is 0 Å². The first-order valence-electron chi connectivity index (χ1n) is 5.70. The molecule has 2 N–H and O–H groups in total. The molecule has 18 heavy (non-hydrogen) atoms. The molecule has 92 valence electrons. The Bertz CT molecular complexity index is 621. The number of hydrogen-bond acceptors (Lipinski definition) is 2. The predicted octanol–water partition coefficient (Wildman–Crippen LogP) is 2.30. The number of imidazole rings is 1. The molecule has 2 rings (SSSR count).